The second-order valence-corrected chi connectivity index (χ2v) is 7.34. The van der Waals surface area contributed by atoms with Crippen molar-refractivity contribution < 1.29 is 4.39 Å². The first-order valence-electron chi connectivity index (χ1n) is 8.51. The van der Waals surface area contributed by atoms with E-state index in [1.54, 1.807) is 12.1 Å². The Morgan fingerprint density at radius 1 is 1.04 bits per heavy atom. The van der Waals surface area contributed by atoms with Crippen LogP contribution in [0.5, 0.6) is 0 Å². The van der Waals surface area contributed by atoms with Crippen molar-refractivity contribution in [3.8, 4) is 5.69 Å². The maximum absolute atomic E-state index is 13.1. The fourth-order valence-corrected chi connectivity index (χ4v) is 4.12. The minimum Gasteiger partial charge on any atom is -0.303 e. The van der Waals surface area contributed by atoms with Crippen LogP contribution in [0.25, 0.3) is 5.69 Å². The van der Waals surface area contributed by atoms with Gasteiger partial charge in [0.15, 0.2) is 0 Å². The summed E-state index contributed by atoms with van der Waals surface area (Å²) in [4.78, 5) is 8.37. The highest BCUT2D eigenvalue weighted by atomic mass is 32.2. The molecule has 3 aromatic rings. The van der Waals surface area contributed by atoms with E-state index in [9.17, 15) is 4.39 Å². The van der Waals surface area contributed by atoms with Crippen molar-refractivity contribution in [2.75, 3.05) is 18.8 Å². The van der Waals surface area contributed by atoms with Gasteiger partial charge in [-0.25, -0.2) is 9.37 Å². The average Bonchev–Trinajstić information content (AvgIpc) is 3.06. The van der Waals surface area contributed by atoms with E-state index in [4.69, 9.17) is 0 Å². The number of hydrogen-bond acceptors (Lipinski definition) is 3. The van der Waals surface area contributed by atoms with Crippen LogP contribution >= 0.6 is 11.8 Å². The number of aromatic nitrogens is 2. The van der Waals surface area contributed by atoms with E-state index in [0.717, 1.165) is 43.2 Å². The summed E-state index contributed by atoms with van der Waals surface area (Å²) in [5, 5.41) is 0. The van der Waals surface area contributed by atoms with Crippen LogP contribution in [0.4, 0.5) is 4.39 Å². The highest BCUT2D eigenvalue weighted by Crippen LogP contribution is 2.23. The van der Waals surface area contributed by atoms with Gasteiger partial charge in [0.05, 0.1) is 12.0 Å². The summed E-state index contributed by atoms with van der Waals surface area (Å²) in [6.07, 6.45) is 2.84. The van der Waals surface area contributed by atoms with Crippen LogP contribution in [0, 0.1) is 5.82 Å². The van der Waals surface area contributed by atoms with E-state index in [0.29, 0.717) is 0 Å². The SMILES string of the molecule is Fc1ccc(-n2cnc3c2CCN(CCSc2ccccc2)C3)cc1. The van der Waals surface area contributed by atoms with E-state index in [1.807, 2.05) is 24.2 Å². The highest BCUT2D eigenvalue weighted by Gasteiger charge is 2.21. The molecule has 2 heterocycles. The maximum atomic E-state index is 13.1. The molecule has 25 heavy (non-hydrogen) atoms. The average molecular weight is 353 g/mol. The fraction of sp³-hybridized carbons (Fsp3) is 0.250. The monoisotopic (exact) mass is 353 g/mol. The third kappa shape index (κ3) is 3.78. The van der Waals surface area contributed by atoms with Gasteiger partial charge in [0, 0.05) is 48.1 Å². The van der Waals surface area contributed by atoms with Crippen molar-refractivity contribution in [3.05, 3.63) is 78.1 Å². The van der Waals surface area contributed by atoms with E-state index < -0.39 is 0 Å². The molecule has 0 fully saturated rings. The zero-order chi connectivity index (χ0) is 17.1. The van der Waals surface area contributed by atoms with E-state index in [2.05, 4.69) is 38.7 Å². The van der Waals surface area contributed by atoms with Crippen molar-refractivity contribution in [3.63, 3.8) is 0 Å². The first kappa shape index (κ1) is 16.4. The summed E-state index contributed by atoms with van der Waals surface area (Å²) >= 11 is 1.90. The van der Waals surface area contributed by atoms with E-state index in [1.165, 1.54) is 22.7 Å². The van der Waals surface area contributed by atoms with Gasteiger partial charge in [-0.3, -0.25) is 4.90 Å². The Bertz CT molecular complexity index is 830. The van der Waals surface area contributed by atoms with Gasteiger partial charge in [0.2, 0.25) is 0 Å². The first-order chi connectivity index (χ1) is 12.3. The molecule has 1 aromatic heterocycles. The Hall–Kier alpha value is -2.11. The lowest BCUT2D eigenvalue weighted by Gasteiger charge is -2.26. The highest BCUT2D eigenvalue weighted by molar-refractivity contribution is 7.99. The predicted octanol–water partition coefficient (Wildman–Crippen LogP) is 4.16. The van der Waals surface area contributed by atoms with Crippen molar-refractivity contribution in [2.45, 2.75) is 17.9 Å². The smallest absolute Gasteiger partial charge is 0.123 e. The van der Waals surface area contributed by atoms with Crippen LogP contribution in [0.1, 0.15) is 11.4 Å². The number of halogens is 1. The van der Waals surface area contributed by atoms with E-state index >= 15 is 0 Å². The summed E-state index contributed by atoms with van der Waals surface area (Å²) in [5.74, 6) is 0.873. The molecule has 128 valence electrons. The summed E-state index contributed by atoms with van der Waals surface area (Å²) in [5.41, 5.74) is 3.36. The second kappa shape index (κ2) is 7.42. The number of fused-ring (bicyclic) bond motifs is 1. The minimum atomic E-state index is -0.208. The Morgan fingerprint density at radius 2 is 1.84 bits per heavy atom. The van der Waals surface area contributed by atoms with Gasteiger partial charge in [0.1, 0.15) is 5.82 Å². The van der Waals surface area contributed by atoms with Crippen LogP contribution in [0.15, 0.2) is 65.8 Å². The molecule has 4 rings (SSSR count). The van der Waals surface area contributed by atoms with Gasteiger partial charge in [-0.05, 0) is 36.4 Å². The summed E-state index contributed by atoms with van der Waals surface area (Å²) in [7, 11) is 0. The zero-order valence-electron chi connectivity index (χ0n) is 13.9. The van der Waals surface area contributed by atoms with Gasteiger partial charge in [-0.2, -0.15) is 0 Å². The lowest BCUT2D eigenvalue weighted by molar-refractivity contribution is 0.265. The number of imidazole rings is 1. The molecule has 0 bridgehead atoms. The normalized spacial score (nSPS) is 14.4. The molecule has 0 aliphatic carbocycles. The van der Waals surface area contributed by atoms with Gasteiger partial charge < -0.3 is 4.57 Å². The van der Waals surface area contributed by atoms with Gasteiger partial charge in [0.25, 0.3) is 0 Å². The Morgan fingerprint density at radius 3 is 2.64 bits per heavy atom. The molecule has 3 nitrogen and oxygen atoms in total. The van der Waals surface area contributed by atoms with Crippen LogP contribution in [0.3, 0.4) is 0 Å². The quantitative estimate of drug-likeness (QED) is 0.643. The Labute approximate surface area is 151 Å². The third-order valence-electron chi connectivity index (χ3n) is 4.52. The van der Waals surface area contributed by atoms with Gasteiger partial charge >= 0.3 is 0 Å². The second-order valence-electron chi connectivity index (χ2n) is 6.17. The first-order valence-corrected chi connectivity index (χ1v) is 9.49. The molecule has 0 saturated carbocycles. The molecule has 0 atom stereocenters. The Kier molecular flexibility index (Phi) is 4.85. The molecule has 0 saturated heterocycles. The van der Waals surface area contributed by atoms with Crippen molar-refractivity contribution in [2.24, 2.45) is 0 Å². The van der Waals surface area contributed by atoms with Crippen molar-refractivity contribution in [1.82, 2.24) is 14.5 Å². The molecule has 0 radical (unpaired) electrons. The predicted molar refractivity (Wildman–Crippen MR) is 99.7 cm³/mol. The number of hydrogen-bond donors (Lipinski definition) is 0. The topological polar surface area (TPSA) is 21.1 Å². The maximum Gasteiger partial charge on any atom is 0.123 e. The molecule has 0 N–H and O–H groups in total. The molecule has 0 amide bonds. The lowest BCUT2D eigenvalue weighted by atomic mass is 10.1. The molecule has 0 spiro atoms. The number of benzene rings is 2. The lowest BCUT2D eigenvalue weighted by Crippen LogP contribution is -2.33. The molecular weight excluding hydrogens is 333 g/mol. The number of nitrogens with zero attached hydrogens (tertiary/aromatic N) is 3. The minimum absolute atomic E-state index is 0.208. The standard InChI is InChI=1S/C20H20FN3S/c21-16-6-8-17(9-7-16)24-15-22-19-14-23(11-10-20(19)24)12-13-25-18-4-2-1-3-5-18/h1-9,15H,10-14H2. The number of thioether (sulfide) groups is 1. The largest absolute Gasteiger partial charge is 0.303 e. The third-order valence-corrected chi connectivity index (χ3v) is 5.51. The fourth-order valence-electron chi connectivity index (χ4n) is 3.19. The molecule has 2 aromatic carbocycles. The van der Waals surface area contributed by atoms with Gasteiger partial charge in [-0.1, -0.05) is 18.2 Å². The summed E-state index contributed by atoms with van der Waals surface area (Å²) in [6.45, 7) is 2.98. The summed E-state index contributed by atoms with van der Waals surface area (Å²) < 4.78 is 15.2. The summed E-state index contributed by atoms with van der Waals surface area (Å²) in [6, 6.07) is 17.1. The van der Waals surface area contributed by atoms with Crippen molar-refractivity contribution in [1.29, 1.82) is 0 Å². The van der Waals surface area contributed by atoms with Crippen LogP contribution in [0.2, 0.25) is 0 Å². The van der Waals surface area contributed by atoms with Crippen LogP contribution < -0.4 is 0 Å². The van der Waals surface area contributed by atoms with Gasteiger partial charge in [-0.15, -0.1) is 11.8 Å². The molecular formula is C20H20FN3S. The van der Waals surface area contributed by atoms with Crippen LogP contribution in [-0.4, -0.2) is 33.3 Å². The molecule has 1 aliphatic heterocycles. The number of rotatable bonds is 5. The molecule has 5 heteroatoms. The molecule has 0 unspecified atom stereocenters. The van der Waals surface area contributed by atoms with Crippen molar-refractivity contribution >= 4 is 11.8 Å². The zero-order valence-corrected chi connectivity index (χ0v) is 14.8. The van der Waals surface area contributed by atoms with E-state index in [-0.39, 0.29) is 5.82 Å². The molecule has 1 aliphatic rings. The Balaban J connectivity index is 1.38. The van der Waals surface area contributed by atoms with Crippen LogP contribution in [-0.2, 0) is 13.0 Å².